The molecule has 0 radical (unpaired) electrons. The minimum Gasteiger partial charge on any atom is -0.320 e. The summed E-state index contributed by atoms with van der Waals surface area (Å²) in [5.41, 5.74) is 0.846. The Kier molecular flexibility index (Phi) is 4.20. The third-order valence-electron chi connectivity index (χ3n) is 2.37. The van der Waals surface area contributed by atoms with E-state index < -0.39 is 18.0 Å². The summed E-state index contributed by atoms with van der Waals surface area (Å²) in [5.74, 6) is -0.642. The van der Waals surface area contributed by atoms with Gasteiger partial charge in [-0.05, 0) is 46.0 Å². The average Bonchev–Trinajstić information content (AvgIpc) is 2.84. The molecule has 0 fully saturated rings. The van der Waals surface area contributed by atoms with Crippen molar-refractivity contribution in [3.8, 4) is 0 Å². The van der Waals surface area contributed by atoms with Gasteiger partial charge in [0.05, 0.1) is 5.69 Å². The highest BCUT2D eigenvalue weighted by atomic mass is 79.9. The SMILES string of the molecule is Cc1cccc(NC(=O)c2snnc2C(F)F)c1Br. The number of aryl methyl sites for hydroxylation is 1. The summed E-state index contributed by atoms with van der Waals surface area (Å²) >= 11 is 3.98. The number of amides is 1. The van der Waals surface area contributed by atoms with Gasteiger partial charge in [0.15, 0.2) is 5.69 Å². The number of carbonyl (C=O) groups excluding carboxylic acids is 1. The van der Waals surface area contributed by atoms with Crippen LogP contribution >= 0.6 is 27.5 Å². The van der Waals surface area contributed by atoms with E-state index in [1.54, 1.807) is 12.1 Å². The largest absolute Gasteiger partial charge is 0.320 e. The molecule has 0 saturated heterocycles. The summed E-state index contributed by atoms with van der Waals surface area (Å²) in [6.07, 6.45) is -2.82. The Morgan fingerprint density at radius 3 is 2.89 bits per heavy atom. The first-order chi connectivity index (χ1) is 9.00. The fraction of sp³-hybridized carbons (Fsp3) is 0.182. The zero-order chi connectivity index (χ0) is 14.0. The van der Waals surface area contributed by atoms with E-state index in [1.165, 1.54) is 0 Å². The summed E-state index contributed by atoms with van der Waals surface area (Å²) in [7, 11) is 0. The van der Waals surface area contributed by atoms with E-state index in [1.807, 2.05) is 13.0 Å². The fourth-order valence-corrected chi connectivity index (χ4v) is 2.35. The summed E-state index contributed by atoms with van der Waals surface area (Å²) in [6.45, 7) is 1.86. The second-order valence-electron chi connectivity index (χ2n) is 3.68. The fourth-order valence-electron chi connectivity index (χ4n) is 1.42. The van der Waals surface area contributed by atoms with Crippen LogP contribution < -0.4 is 5.32 Å². The van der Waals surface area contributed by atoms with Crippen LogP contribution in [0.4, 0.5) is 14.5 Å². The van der Waals surface area contributed by atoms with Gasteiger partial charge in [-0.2, -0.15) is 0 Å². The highest BCUT2D eigenvalue weighted by molar-refractivity contribution is 9.10. The Balaban J connectivity index is 2.26. The van der Waals surface area contributed by atoms with Crippen molar-refractivity contribution in [2.45, 2.75) is 13.3 Å². The molecule has 1 N–H and O–H groups in total. The zero-order valence-corrected chi connectivity index (χ0v) is 12.1. The van der Waals surface area contributed by atoms with Gasteiger partial charge in [0.2, 0.25) is 0 Å². The molecular weight excluding hydrogens is 340 g/mol. The minimum absolute atomic E-state index is 0.177. The molecule has 0 atom stereocenters. The van der Waals surface area contributed by atoms with E-state index in [0.717, 1.165) is 5.56 Å². The monoisotopic (exact) mass is 347 g/mol. The van der Waals surface area contributed by atoms with Gasteiger partial charge in [-0.1, -0.05) is 16.6 Å². The van der Waals surface area contributed by atoms with Gasteiger partial charge >= 0.3 is 0 Å². The molecule has 1 heterocycles. The Labute approximate surface area is 120 Å². The number of anilines is 1. The van der Waals surface area contributed by atoms with Gasteiger partial charge in [0.1, 0.15) is 4.88 Å². The molecule has 19 heavy (non-hydrogen) atoms. The topological polar surface area (TPSA) is 54.9 Å². The number of hydrogen-bond donors (Lipinski definition) is 1. The molecule has 100 valence electrons. The van der Waals surface area contributed by atoms with E-state index in [2.05, 4.69) is 30.8 Å². The van der Waals surface area contributed by atoms with E-state index in [9.17, 15) is 13.6 Å². The third kappa shape index (κ3) is 2.95. The first-order valence-corrected chi connectivity index (χ1v) is 6.74. The quantitative estimate of drug-likeness (QED) is 0.918. The van der Waals surface area contributed by atoms with Crippen LogP contribution in [0.15, 0.2) is 22.7 Å². The molecule has 1 aromatic carbocycles. The Bertz CT molecular complexity index is 618. The first kappa shape index (κ1) is 14.0. The smallest absolute Gasteiger partial charge is 0.283 e. The predicted octanol–water partition coefficient (Wildman–Crippen LogP) is 3.80. The lowest BCUT2D eigenvalue weighted by Crippen LogP contribution is -2.13. The Hall–Kier alpha value is -1.41. The third-order valence-corrected chi connectivity index (χ3v) is 4.16. The predicted molar refractivity (Wildman–Crippen MR) is 71.7 cm³/mol. The maximum absolute atomic E-state index is 12.6. The van der Waals surface area contributed by atoms with Crippen molar-refractivity contribution in [2.24, 2.45) is 0 Å². The molecule has 0 aliphatic rings. The van der Waals surface area contributed by atoms with Crippen LogP contribution in [0.25, 0.3) is 0 Å². The highest BCUT2D eigenvalue weighted by Crippen LogP contribution is 2.28. The lowest BCUT2D eigenvalue weighted by atomic mass is 10.2. The number of alkyl halides is 2. The average molecular weight is 348 g/mol. The normalized spacial score (nSPS) is 10.8. The van der Waals surface area contributed by atoms with Crippen LogP contribution in [0.1, 0.15) is 27.4 Å². The number of nitrogens with zero attached hydrogens (tertiary/aromatic N) is 2. The zero-order valence-electron chi connectivity index (χ0n) is 9.65. The van der Waals surface area contributed by atoms with Gasteiger partial charge in [-0.3, -0.25) is 4.79 Å². The van der Waals surface area contributed by atoms with Gasteiger partial charge in [-0.15, -0.1) is 5.10 Å². The minimum atomic E-state index is -2.82. The van der Waals surface area contributed by atoms with Crippen LogP contribution in [0.3, 0.4) is 0 Å². The van der Waals surface area contributed by atoms with Crippen LogP contribution in [-0.4, -0.2) is 15.5 Å². The van der Waals surface area contributed by atoms with Crippen molar-refractivity contribution in [1.29, 1.82) is 0 Å². The van der Waals surface area contributed by atoms with Crippen LogP contribution in [-0.2, 0) is 0 Å². The molecule has 2 aromatic rings. The van der Waals surface area contributed by atoms with Crippen molar-refractivity contribution < 1.29 is 13.6 Å². The number of carbonyl (C=O) groups is 1. The first-order valence-electron chi connectivity index (χ1n) is 5.17. The second kappa shape index (κ2) is 5.70. The molecule has 8 heteroatoms. The van der Waals surface area contributed by atoms with Crippen LogP contribution in [0.5, 0.6) is 0 Å². The number of benzene rings is 1. The van der Waals surface area contributed by atoms with Gasteiger partial charge in [0, 0.05) is 4.47 Å². The van der Waals surface area contributed by atoms with E-state index in [4.69, 9.17) is 0 Å². The van der Waals surface area contributed by atoms with E-state index >= 15 is 0 Å². The van der Waals surface area contributed by atoms with Gasteiger partial charge < -0.3 is 5.32 Å². The summed E-state index contributed by atoms with van der Waals surface area (Å²) in [4.78, 5) is 11.8. The highest BCUT2D eigenvalue weighted by Gasteiger charge is 2.23. The standard InChI is InChI=1S/C11H8BrF2N3OS/c1-5-3-2-4-6(7(5)12)15-11(18)9-8(10(13)14)16-17-19-9/h2-4,10H,1H3,(H,15,18). The molecule has 0 bridgehead atoms. The number of rotatable bonds is 3. The summed E-state index contributed by atoms with van der Waals surface area (Å²) in [6, 6.07) is 5.29. The Morgan fingerprint density at radius 2 is 2.21 bits per heavy atom. The number of hydrogen-bond acceptors (Lipinski definition) is 4. The molecule has 1 amide bonds. The lowest BCUT2D eigenvalue weighted by molar-refractivity contribution is 0.101. The van der Waals surface area contributed by atoms with Crippen molar-refractivity contribution in [2.75, 3.05) is 5.32 Å². The maximum atomic E-state index is 12.6. The molecule has 4 nitrogen and oxygen atoms in total. The number of aromatic nitrogens is 2. The van der Waals surface area contributed by atoms with Crippen molar-refractivity contribution >= 4 is 39.1 Å². The number of halogens is 3. The molecule has 2 rings (SSSR count). The van der Waals surface area contributed by atoms with Crippen LogP contribution in [0, 0.1) is 6.92 Å². The molecule has 1 aromatic heterocycles. The summed E-state index contributed by atoms with van der Waals surface area (Å²) in [5, 5.41) is 5.82. The number of nitrogens with one attached hydrogen (secondary N) is 1. The van der Waals surface area contributed by atoms with Crippen molar-refractivity contribution in [3.05, 3.63) is 38.8 Å². The lowest BCUT2D eigenvalue weighted by Gasteiger charge is -2.08. The van der Waals surface area contributed by atoms with Crippen molar-refractivity contribution in [1.82, 2.24) is 9.59 Å². The molecule has 0 unspecified atom stereocenters. The Morgan fingerprint density at radius 1 is 1.47 bits per heavy atom. The molecule has 0 aliphatic carbocycles. The van der Waals surface area contributed by atoms with Gasteiger partial charge in [0.25, 0.3) is 12.3 Å². The molecule has 0 aliphatic heterocycles. The second-order valence-corrected chi connectivity index (χ2v) is 5.23. The van der Waals surface area contributed by atoms with Crippen LogP contribution in [0.2, 0.25) is 0 Å². The van der Waals surface area contributed by atoms with E-state index in [0.29, 0.717) is 21.7 Å². The molecule has 0 saturated carbocycles. The van der Waals surface area contributed by atoms with Gasteiger partial charge in [-0.25, -0.2) is 8.78 Å². The van der Waals surface area contributed by atoms with E-state index in [-0.39, 0.29) is 4.88 Å². The molecule has 0 spiro atoms. The summed E-state index contributed by atoms with van der Waals surface area (Å²) < 4.78 is 29.3. The maximum Gasteiger partial charge on any atom is 0.283 e. The van der Waals surface area contributed by atoms with Crippen molar-refractivity contribution in [3.63, 3.8) is 0 Å². The molecular formula is C11H8BrF2N3OS.